The lowest BCUT2D eigenvalue weighted by Gasteiger charge is -2.15. The monoisotopic (exact) mass is 366 g/mol. The number of hydrogen-bond acceptors (Lipinski definition) is 4. The largest absolute Gasteiger partial charge is 0.351 e. The summed E-state index contributed by atoms with van der Waals surface area (Å²) in [6, 6.07) is 7.72. The van der Waals surface area contributed by atoms with Crippen LogP contribution in [0.2, 0.25) is 0 Å². The molecule has 0 aliphatic carbocycles. The van der Waals surface area contributed by atoms with Crippen LogP contribution in [0.25, 0.3) is 21.8 Å². The van der Waals surface area contributed by atoms with Gasteiger partial charge in [0.15, 0.2) is 0 Å². The molecule has 1 aromatic carbocycles. The normalized spacial score (nSPS) is 11.4. The number of benzene rings is 1. The maximum absolute atomic E-state index is 12.8. The molecule has 0 aliphatic heterocycles. The molecule has 142 valence electrons. The van der Waals surface area contributed by atoms with Gasteiger partial charge in [0.25, 0.3) is 11.5 Å². The van der Waals surface area contributed by atoms with Crippen LogP contribution >= 0.6 is 0 Å². The molecule has 3 rings (SSSR count). The Morgan fingerprint density at radius 1 is 1.26 bits per heavy atom. The van der Waals surface area contributed by atoms with E-state index in [1.807, 2.05) is 45.2 Å². The molecule has 2 heterocycles. The van der Waals surface area contributed by atoms with Crippen molar-refractivity contribution < 1.29 is 4.79 Å². The average molecular weight is 366 g/mol. The van der Waals surface area contributed by atoms with Crippen LogP contribution in [0, 0.1) is 6.92 Å². The fourth-order valence-corrected chi connectivity index (χ4v) is 3.16. The molecule has 6 heteroatoms. The molecule has 0 saturated heterocycles. The molecule has 0 fully saturated rings. The van der Waals surface area contributed by atoms with Gasteiger partial charge in [0.1, 0.15) is 0 Å². The summed E-state index contributed by atoms with van der Waals surface area (Å²) >= 11 is 0. The second-order valence-corrected chi connectivity index (χ2v) is 6.82. The first-order valence-corrected chi connectivity index (χ1v) is 9.36. The average Bonchev–Trinajstić information content (AvgIpc) is 2.67. The Bertz CT molecular complexity index is 1060. The summed E-state index contributed by atoms with van der Waals surface area (Å²) in [5, 5.41) is 4.34. The van der Waals surface area contributed by atoms with Crippen LogP contribution in [0.3, 0.4) is 0 Å². The number of nitrogens with one attached hydrogen (secondary N) is 1. The smallest absolute Gasteiger partial charge is 0.260 e. The highest BCUT2D eigenvalue weighted by molar-refractivity contribution is 6.07. The van der Waals surface area contributed by atoms with Gasteiger partial charge in [0.05, 0.1) is 22.0 Å². The molecule has 0 spiro atoms. The van der Waals surface area contributed by atoms with Crippen molar-refractivity contribution in [2.75, 3.05) is 26.7 Å². The molecule has 0 bridgehead atoms. The third kappa shape index (κ3) is 3.71. The van der Waals surface area contributed by atoms with Gasteiger partial charge in [-0.05, 0) is 39.1 Å². The number of nitrogens with zero attached hydrogens (tertiary/aromatic N) is 3. The first kappa shape index (κ1) is 19.0. The van der Waals surface area contributed by atoms with E-state index in [1.165, 1.54) is 0 Å². The van der Waals surface area contributed by atoms with E-state index in [9.17, 15) is 9.59 Å². The third-order valence-corrected chi connectivity index (χ3v) is 4.98. The Kier molecular flexibility index (Phi) is 5.56. The fourth-order valence-electron chi connectivity index (χ4n) is 3.16. The zero-order valence-corrected chi connectivity index (χ0v) is 16.4. The number of aromatic nitrogens is 2. The lowest BCUT2D eigenvalue weighted by molar-refractivity contribution is 0.0951. The van der Waals surface area contributed by atoms with E-state index in [4.69, 9.17) is 4.98 Å². The van der Waals surface area contributed by atoms with E-state index in [2.05, 4.69) is 17.1 Å². The lowest BCUT2D eigenvalue weighted by atomic mass is 10.1. The van der Waals surface area contributed by atoms with Crippen LogP contribution < -0.4 is 10.9 Å². The third-order valence-electron chi connectivity index (χ3n) is 4.98. The van der Waals surface area contributed by atoms with E-state index in [0.29, 0.717) is 29.6 Å². The van der Waals surface area contributed by atoms with Gasteiger partial charge < -0.3 is 14.8 Å². The van der Waals surface area contributed by atoms with Crippen molar-refractivity contribution in [3.8, 4) is 0 Å². The summed E-state index contributed by atoms with van der Waals surface area (Å²) in [6.07, 6.45) is 1.63. The number of pyridine rings is 2. The first-order valence-electron chi connectivity index (χ1n) is 9.36. The Balaban J connectivity index is 2.13. The van der Waals surface area contributed by atoms with Crippen molar-refractivity contribution in [1.29, 1.82) is 0 Å². The minimum absolute atomic E-state index is 0.120. The van der Waals surface area contributed by atoms with Gasteiger partial charge in [-0.2, -0.15) is 0 Å². The van der Waals surface area contributed by atoms with Gasteiger partial charge in [-0.1, -0.05) is 25.1 Å². The van der Waals surface area contributed by atoms with Gasteiger partial charge in [-0.15, -0.1) is 0 Å². The molecule has 6 nitrogen and oxygen atoms in total. The molecule has 0 radical (unpaired) electrons. The predicted molar refractivity (Wildman–Crippen MR) is 109 cm³/mol. The van der Waals surface area contributed by atoms with E-state index in [-0.39, 0.29) is 11.5 Å². The summed E-state index contributed by atoms with van der Waals surface area (Å²) in [5.74, 6) is -0.202. The first-order chi connectivity index (χ1) is 13.0. The van der Waals surface area contributed by atoms with Crippen LogP contribution in [0.1, 0.15) is 29.8 Å². The number of rotatable bonds is 6. The van der Waals surface area contributed by atoms with Gasteiger partial charge >= 0.3 is 0 Å². The molecule has 0 saturated carbocycles. The molecule has 27 heavy (non-hydrogen) atoms. The SMILES string of the molecule is CCN(C)CCNC(=O)c1cn(CC)c(=O)c2cc3cccc(C)c3nc12. The predicted octanol–water partition coefficient (Wildman–Crippen LogP) is 2.56. The number of carbonyl (C=O) groups is 1. The summed E-state index contributed by atoms with van der Waals surface area (Å²) in [6.45, 7) is 8.68. The number of hydrogen-bond donors (Lipinski definition) is 1. The molecule has 0 aliphatic rings. The Morgan fingerprint density at radius 2 is 2.04 bits per heavy atom. The van der Waals surface area contributed by atoms with E-state index < -0.39 is 0 Å². The van der Waals surface area contributed by atoms with Crippen LogP contribution in [-0.4, -0.2) is 47.0 Å². The number of carbonyl (C=O) groups excluding carboxylic acids is 1. The molecule has 0 atom stereocenters. The van der Waals surface area contributed by atoms with E-state index >= 15 is 0 Å². The maximum Gasteiger partial charge on any atom is 0.260 e. The molecular formula is C21H26N4O2. The summed E-state index contributed by atoms with van der Waals surface area (Å²) in [4.78, 5) is 32.5. The van der Waals surface area contributed by atoms with Crippen LogP contribution in [-0.2, 0) is 6.54 Å². The van der Waals surface area contributed by atoms with Gasteiger partial charge in [0, 0.05) is 31.2 Å². The van der Waals surface area contributed by atoms with Crippen molar-refractivity contribution in [3.05, 3.63) is 51.9 Å². The topological polar surface area (TPSA) is 67.2 Å². The van der Waals surface area contributed by atoms with Gasteiger partial charge in [-0.25, -0.2) is 4.98 Å². The van der Waals surface area contributed by atoms with E-state index in [0.717, 1.165) is 29.6 Å². The maximum atomic E-state index is 12.8. The molecule has 1 amide bonds. The van der Waals surface area contributed by atoms with Crippen LogP contribution in [0.15, 0.2) is 35.3 Å². The van der Waals surface area contributed by atoms with Crippen molar-refractivity contribution >= 4 is 27.7 Å². The van der Waals surface area contributed by atoms with Crippen molar-refractivity contribution in [2.45, 2.75) is 27.3 Å². The standard InChI is InChI=1S/C21H26N4O2/c1-5-24(4)11-10-22-20(26)17-13-25(6-2)21(27)16-12-15-9-7-8-14(3)18(15)23-19(16)17/h7-9,12-13H,5-6,10-11H2,1-4H3,(H,22,26). The number of likely N-dealkylation sites (N-methyl/N-ethyl adjacent to an activating group) is 1. The van der Waals surface area contributed by atoms with Gasteiger partial charge in [0.2, 0.25) is 0 Å². The van der Waals surface area contributed by atoms with Crippen molar-refractivity contribution in [1.82, 2.24) is 19.8 Å². The Labute approximate surface area is 158 Å². The fraction of sp³-hybridized carbons (Fsp3) is 0.381. The summed E-state index contributed by atoms with van der Waals surface area (Å²) in [7, 11) is 2.01. The molecule has 0 unspecified atom stereocenters. The molecule has 2 aromatic heterocycles. The minimum atomic E-state index is -0.202. The molecular weight excluding hydrogens is 340 g/mol. The van der Waals surface area contributed by atoms with E-state index in [1.54, 1.807) is 10.8 Å². The number of para-hydroxylation sites is 1. The quantitative estimate of drug-likeness (QED) is 0.681. The number of aryl methyl sites for hydroxylation is 2. The molecule has 1 N–H and O–H groups in total. The number of amides is 1. The van der Waals surface area contributed by atoms with Gasteiger partial charge in [-0.3, -0.25) is 9.59 Å². The highest BCUT2D eigenvalue weighted by Crippen LogP contribution is 2.22. The lowest BCUT2D eigenvalue weighted by Crippen LogP contribution is -2.34. The second kappa shape index (κ2) is 7.88. The highest BCUT2D eigenvalue weighted by Gasteiger charge is 2.17. The van der Waals surface area contributed by atoms with Crippen LogP contribution in [0.5, 0.6) is 0 Å². The summed E-state index contributed by atoms with van der Waals surface area (Å²) < 4.78 is 1.57. The summed E-state index contributed by atoms with van der Waals surface area (Å²) in [5.41, 5.74) is 2.62. The second-order valence-electron chi connectivity index (χ2n) is 6.82. The zero-order valence-electron chi connectivity index (χ0n) is 16.4. The van der Waals surface area contributed by atoms with Crippen molar-refractivity contribution in [3.63, 3.8) is 0 Å². The van der Waals surface area contributed by atoms with Crippen molar-refractivity contribution in [2.24, 2.45) is 0 Å². The molecule has 3 aromatic rings. The Hall–Kier alpha value is -2.73. The highest BCUT2D eigenvalue weighted by atomic mass is 16.2. The minimum Gasteiger partial charge on any atom is -0.351 e. The number of fused-ring (bicyclic) bond motifs is 2. The van der Waals surface area contributed by atoms with Crippen LogP contribution in [0.4, 0.5) is 0 Å². The zero-order chi connectivity index (χ0) is 19.6. The Morgan fingerprint density at radius 3 is 2.74 bits per heavy atom.